The van der Waals surface area contributed by atoms with Gasteiger partial charge in [0.05, 0.1) is 0 Å². The molecule has 1 aromatic carbocycles. The number of nitrogens with one attached hydrogen (secondary N) is 1. The van der Waals surface area contributed by atoms with Gasteiger partial charge in [0.2, 0.25) is 0 Å². The average molecular weight is 224 g/mol. The molecule has 0 radical (unpaired) electrons. The zero-order valence-electron chi connectivity index (χ0n) is 10.3. The first-order chi connectivity index (χ1) is 7.67. The van der Waals surface area contributed by atoms with Crippen LogP contribution in [0.4, 0.5) is 10.1 Å². The van der Waals surface area contributed by atoms with Crippen LogP contribution in [0, 0.1) is 11.7 Å². The number of anilines is 1. The Balaban J connectivity index is 2.56. The second-order valence-electron chi connectivity index (χ2n) is 4.19. The summed E-state index contributed by atoms with van der Waals surface area (Å²) in [5.41, 5.74) is 1.07. The molecule has 0 aliphatic rings. The molecule has 1 N–H and O–H groups in total. The molecule has 0 amide bonds. The molecule has 3 heteroatoms. The molecule has 2 nitrogen and oxygen atoms in total. The van der Waals surface area contributed by atoms with Crippen LogP contribution >= 0.6 is 0 Å². The van der Waals surface area contributed by atoms with Crippen LogP contribution in [0.15, 0.2) is 24.3 Å². The summed E-state index contributed by atoms with van der Waals surface area (Å²) in [6.07, 6.45) is 1.15. The van der Waals surface area contributed by atoms with Gasteiger partial charge in [-0.3, -0.25) is 0 Å². The SMILES string of the molecule is CCC(CNC)CN(C)c1ccc(F)cc1. The van der Waals surface area contributed by atoms with Gasteiger partial charge >= 0.3 is 0 Å². The van der Waals surface area contributed by atoms with Crippen LogP contribution in [0.1, 0.15) is 13.3 Å². The van der Waals surface area contributed by atoms with E-state index in [0.717, 1.165) is 25.2 Å². The molecule has 0 aliphatic carbocycles. The normalized spacial score (nSPS) is 12.5. The van der Waals surface area contributed by atoms with Crippen molar-refractivity contribution >= 4 is 5.69 Å². The minimum atomic E-state index is -0.181. The van der Waals surface area contributed by atoms with Crippen LogP contribution in [-0.4, -0.2) is 27.2 Å². The van der Waals surface area contributed by atoms with Crippen molar-refractivity contribution in [2.75, 3.05) is 32.1 Å². The lowest BCUT2D eigenvalue weighted by Gasteiger charge is -2.25. The fraction of sp³-hybridized carbons (Fsp3) is 0.538. The maximum atomic E-state index is 12.8. The quantitative estimate of drug-likeness (QED) is 0.798. The van der Waals surface area contributed by atoms with Gasteiger partial charge < -0.3 is 10.2 Å². The first-order valence-electron chi connectivity index (χ1n) is 5.78. The molecule has 16 heavy (non-hydrogen) atoms. The smallest absolute Gasteiger partial charge is 0.123 e. The van der Waals surface area contributed by atoms with Gasteiger partial charge in [-0.1, -0.05) is 13.3 Å². The van der Waals surface area contributed by atoms with E-state index in [1.165, 1.54) is 12.1 Å². The third kappa shape index (κ3) is 3.81. The van der Waals surface area contributed by atoms with Crippen LogP contribution < -0.4 is 10.2 Å². The Kier molecular flexibility index (Phi) is 5.26. The van der Waals surface area contributed by atoms with Crippen molar-refractivity contribution in [3.8, 4) is 0 Å². The highest BCUT2D eigenvalue weighted by Crippen LogP contribution is 2.15. The lowest BCUT2D eigenvalue weighted by atomic mass is 10.1. The molecule has 1 rings (SSSR count). The Bertz CT molecular complexity index is 297. The molecule has 90 valence electrons. The van der Waals surface area contributed by atoms with E-state index in [4.69, 9.17) is 0 Å². The first-order valence-corrected chi connectivity index (χ1v) is 5.78. The Hall–Kier alpha value is -1.09. The summed E-state index contributed by atoms with van der Waals surface area (Å²) in [5, 5.41) is 3.20. The van der Waals surface area contributed by atoms with E-state index in [9.17, 15) is 4.39 Å². The summed E-state index contributed by atoms with van der Waals surface area (Å²) < 4.78 is 12.8. The predicted octanol–water partition coefficient (Wildman–Crippen LogP) is 2.51. The number of nitrogens with zero attached hydrogens (tertiary/aromatic N) is 1. The van der Waals surface area contributed by atoms with Crippen molar-refractivity contribution in [1.29, 1.82) is 0 Å². The second-order valence-corrected chi connectivity index (χ2v) is 4.19. The topological polar surface area (TPSA) is 15.3 Å². The minimum absolute atomic E-state index is 0.181. The average Bonchev–Trinajstić information content (AvgIpc) is 2.29. The summed E-state index contributed by atoms with van der Waals surface area (Å²) in [6, 6.07) is 6.65. The first kappa shape index (κ1) is 13.0. The van der Waals surface area contributed by atoms with Gasteiger partial charge in [0, 0.05) is 19.3 Å². The molecular weight excluding hydrogens is 203 g/mol. The number of halogens is 1. The molecule has 0 saturated heterocycles. The lowest BCUT2D eigenvalue weighted by molar-refractivity contribution is 0.484. The van der Waals surface area contributed by atoms with Gasteiger partial charge in [0.25, 0.3) is 0 Å². The van der Waals surface area contributed by atoms with E-state index >= 15 is 0 Å². The predicted molar refractivity (Wildman–Crippen MR) is 67.4 cm³/mol. The Morgan fingerprint density at radius 3 is 2.44 bits per heavy atom. The van der Waals surface area contributed by atoms with E-state index in [1.807, 2.05) is 26.2 Å². The van der Waals surface area contributed by atoms with Crippen molar-refractivity contribution in [3.63, 3.8) is 0 Å². The fourth-order valence-electron chi connectivity index (χ4n) is 1.81. The Morgan fingerprint density at radius 2 is 1.94 bits per heavy atom. The van der Waals surface area contributed by atoms with Gasteiger partial charge in [-0.25, -0.2) is 4.39 Å². The van der Waals surface area contributed by atoms with Gasteiger partial charge in [-0.2, -0.15) is 0 Å². The summed E-state index contributed by atoms with van der Waals surface area (Å²) in [5.74, 6) is 0.444. The molecule has 0 heterocycles. The zero-order chi connectivity index (χ0) is 12.0. The fourth-order valence-corrected chi connectivity index (χ4v) is 1.81. The van der Waals surface area contributed by atoms with Crippen LogP contribution in [0.25, 0.3) is 0 Å². The molecule has 0 aromatic heterocycles. The van der Waals surface area contributed by atoms with E-state index < -0.39 is 0 Å². The second kappa shape index (κ2) is 6.48. The van der Waals surface area contributed by atoms with Crippen LogP contribution in [0.3, 0.4) is 0 Å². The number of rotatable bonds is 6. The number of hydrogen-bond acceptors (Lipinski definition) is 2. The highest BCUT2D eigenvalue weighted by atomic mass is 19.1. The molecule has 1 aromatic rings. The minimum Gasteiger partial charge on any atom is -0.374 e. The highest BCUT2D eigenvalue weighted by molar-refractivity contribution is 5.45. The van der Waals surface area contributed by atoms with Gasteiger partial charge in [0.15, 0.2) is 0 Å². The van der Waals surface area contributed by atoms with Gasteiger partial charge in [0.1, 0.15) is 5.82 Å². The van der Waals surface area contributed by atoms with Crippen LogP contribution in [0.5, 0.6) is 0 Å². The van der Waals surface area contributed by atoms with Crippen molar-refractivity contribution in [3.05, 3.63) is 30.1 Å². The van der Waals surface area contributed by atoms with Crippen LogP contribution in [0.2, 0.25) is 0 Å². The van der Waals surface area contributed by atoms with E-state index in [-0.39, 0.29) is 5.82 Å². The monoisotopic (exact) mass is 224 g/mol. The van der Waals surface area contributed by atoms with Gasteiger partial charge in [-0.05, 0) is 43.8 Å². The molecule has 0 fully saturated rings. The standard InChI is InChI=1S/C13H21FN2/c1-4-11(9-15-2)10-16(3)13-7-5-12(14)6-8-13/h5-8,11,15H,4,9-10H2,1-3H3. The Labute approximate surface area is 97.5 Å². The maximum Gasteiger partial charge on any atom is 0.123 e. The zero-order valence-corrected chi connectivity index (χ0v) is 10.3. The van der Waals surface area contributed by atoms with Crippen molar-refractivity contribution < 1.29 is 4.39 Å². The molecule has 1 atom stereocenters. The highest BCUT2D eigenvalue weighted by Gasteiger charge is 2.09. The Morgan fingerprint density at radius 1 is 1.31 bits per heavy atom. The largest absolute Gasteiger partial charge is 0.374 e. The number of hydrogen-bond donors (Lipinski definition) is 1. The van der Waals surface area contributed by atoms with Crippen molar-refractivity contribution in [2.24, 2.45) is 5.92 Å². The summed E-state index contributed by atoms with van der Waals surface area (Å²) in [4.78, 5) is 2.17. The third-order valence-electron chi connectivity index (χ3n) is 2.87. The van der Waals surface area contributed by atoms with Crippen molar-refractivity contribution in [2.45, 2.75) is 13.3 Å². The summed E-state index contributed by atoms with van der Waals surface area (Å²) in [7, 11) is 4.02. The molecule has 0 aliphatic heterocycles. The van der Waals surface area contributed by atoms with E-state index in [2.05, 4.69) is 17.1 Å². The van der Waals surface area contributed by atoms with Crippen molar-refractivity contribution in [1.82, 2.24) is 5.32 Å². The molecule has 0 spiro atoms. The number of benzene rings is 1. The summed E-state index contributed by atoms with van der Waals surface area (Å²) in [6.45, 7) is 4.20. The molecular formula is C13H21FN2. The molecule has 1 unspecified atom stereocenters. The van der Waals surface area contributed by atoms with E-state index in [0.29, 0.717) is 5.92 Å². The molecule has 0 saturated carbocycles. The summed E-state index contributed by atoms with van der Waals surface area (Å²) >= 11 is 0. The molecule has 0 bridgehead atoms. The van der Waals surface area contributed by atoms with Crippen LogP contribution in [-0.2, 0) is 0 Å². The lowest BCUT2D eigenvalue weighted by Crippen LogP contribution is -2.30. The van der Waals surface area contributed by atoms with E-state index in [1.54, 1.807) is 0 Å². The third-order valence-corrected chi connectivity index (χ3v) is 2.87. The van der Waals surface area contributed by atoms with Gasteiger partial charge in [-0.15, -0.1) is 0 Å². The maximum absolute atomic E-state index is 12.8.